The van der Waals surface area contributed by atoms with Crippen LogP contribution in [0, 0.1) is 6.92 Å². The van der Waals surface area contributed by atoms with Crippen LogP contribution in [0.2, 0.25) is 10.0 Å². The molecular formula is C21H14Cl2N2S. The first-order valence-electron chi connectivity index (χ1n) is 8.06. The van der Waals surface area contributed by atoms with Gasteiger partial charge in [-0.15, -0.1) is 11.3 Å². The van der Waals surface area contributed by atoms with E-state index in [0.29, 0.717) is 10.0 Å². The zero-order chi connectivity index (χ0) is 18.1. The minimum atomic E-state index is 0.513. The maximum absolute atomic E-state index is 6.18. The van der Waals surface area contributed by atoms with Crippen molar-refractivity contribution in [2.75, 3.05) is 0 Å². The van der Waals surface area contributed by atoms with Crippen molar-refractivity contribution in [3.05, 3.63) is 81.8 Å². The molecule has 0 amide bonds. The molecule has 1 heterocycles. The molecule has 4 rings (SSSR count). The Morgan fingerprint density at radius 1 is 1.00 bits per heavy atom. The average Bonchev–Trinajstić information content (AvgIpc) is 3.06. The van der Waals surface area contributed by atoms with Gasteiger partial charge in [-0.05, 0) is 55.0 Å². The van der Waals surface area contributed by atoms with Crippen LogP contribution in [0.15, 0.2) is 65.7 Å². The first-order chi connectivity index (χ1) is 12.6. The van der Waals surface area contributed by atoms with Crippen LogP contribution in [0.1, 0.15) is 11.1 Å². The number of rotatable bonds is 3. The number of halogens is 2. The van der Waals surface area contributed by atoms with E-state index in [1.807, 2.05) is 36.4 Å². The summed E-state index contributed by atoms with van der Waals surface area (Å²) in [6.45, 7) is 2.10. The summed E-state index contributed by atoms with van der Waals surface area (Å²) in [7, 11) is 0. The average molecular weight is 397 g/mol. The van der Waals surface area contributed by atoms with Gasteiger partial charge in [0.05, 0.1) is 25.9 Å². The Morgan fingerprint density at radius 2 is 1.81 bits per heavy atom. The van der Waals surface area contributed by atoms with E-state index >= 15 is 0 Å². The number of aromatic nitrogens is 1. The molecule has 0 N–H and O–H groups in total. The van der Waals surface area contributed by atoms with Gasteiger partial charge in [-0.3, -0.25) is 4.99 Å². The smallest absolute Gasteiger partial charge is 0.124 e. The maximum Gasteiger partial charge on any atom is 0.124 e. The summed E-state index contributed by atoms with van der Waals surface area (Å²) in [5.74, 6) is 0. The van der Waals surface area contributed by atoms with E-state index in [1.54, 1.807) is 23.6 Å². The van der Waals surface area contributed by atoms with Gasteiger partial charge in [0.25, 0.3) is 0 Å². The molecular weight excluding hydrogens is 383 g/mol. The van der Waals surface area contributed by atoms with Gasteiger partial charge in [0.15, 0.2) is 0 Å². The number of hydrogen-bond donors (Lipinski definition) is 0. The molecule has 5 heteroatoms. The fourth-order valence-electron chi connectivity index (χ4n) is 2.61. The second kappa shape index (κ2) is 7.20. The van der Waals surface area contributed by atoms with Gasteiger partial charge in [0.1, 0.15) is 5.01 Å². The Hall–Kier alpha value is -2.20. The van der Waals surface area contributed by atoms with Crippen LogP contribution in [0.25, 0.3) is 20.8 Å². The van der Waals surface area contributed by atoms with E-state index in [2.05, 4.69) is 30.1 Å². The Labute approximate surface area is 165 Å². The van der Waals surface area contributed by atoms with Gasteiger partial charge >= 0.3 is 0 Å². The van der Waals surface area contributed by atoms with Crippen LogP contribution in [-0.2, 0) is 0 Å². The number of benzene rings is 3. The molecule has 0 bridgehead atoms. The SMILES string of the molecule is Cc1ccc2nc(-c3ccc(N=Cc4cccc(Cl)c4Cl)cc3)sc2c1. The quantitative estimate of drug-likeness (QED) is 0.332. The van der Waals surface area contributed by atoms with E-state index in [0.717, 1.165) is 27.3 Å². The lowest BCUT2D eigenvalue weighted by molar-refractivity contribution is 1.45. The van der Waals surface area contributed by atoms with Gasteiger partial charge < -0.3 is 0 Å². The second-order valence-corrected chi connectivity index (χ2v) is 7.75. The lowest BCUT2D eigenvalue weighted by Crippen LogP contribution is -1.83. The molecule has 4 aromatic rings. The number of aryl methyl sites for hydroxylation is 1. The van der Waals surface area contributed by atoms with Crippen molar-refractivity contribution in [3.63, 3.8) is 0 Å². The monoisotopic (exact) mass is 396 g/mol. The number of nitrogens with zero attached hydrogens (tertiary/aromatic N) is 2. The highest BCUT2D eigenvalue weighted by molar-refractivity contribution is 7.21. The molecule has 0 saturated heterocycles. The topological polar surface area (TPSA) is 25.2 Å². The summed E-state index contributed by atoms with van der Waals surface area (Å²) in [6.07, 6.45) is 1.73. The predicted octanol–water partition coefficient (Wildman–Crippen LogP) is 7.33. The molecule has 0 radical (unpaired) electrons. The van der Waals surface area contributed by atoms with Crippen molar-refractivity contribution in [1.82, 2.24) is 4.98 Å². The minimum absolute atomic E-state index is 0.513. The minimum Gasteiger partial charge on any atom is -0.256 e. The van der Waals surface area contributed by atoms with Gasteiger partial charge in [0, 0.05) is 17.3 Å². The molecule has 3 aromatic carbocycles. The molecule has 0 aliphatic heterocycles. The van der Waals surface area contributed by atoms with E-state index < -0.39 is 0 Å². The Balaban J connectivity index is 1.59. The summed E-state index contributed by atoms with van der Waals surface area (Å²) in [4.78, 5) is 9.20. The van der Waals surface area contributed by atoms with Gasteiger partial charge in [-0.2, -0.15) is 0 Å². The van der Waals surface area contributed by atoms with E-state index in [-0.39, 0.29) is 0 Å². The Morgan fingerprint density at radius 3 is 2.62 bits per heavy atom. The van der Waals surface area contributed by atoms with Crippen molar-refractivity contribution in [2.45, 2.75) is 6.92 Å². The number of thiazole rings is 1. The van der Waals surface area contributed by atoms with Crippen LogP contribution in [0.4, 0.5) is 5.69 Å². The van der Waals surface area contributed by atoms with Gasteiger partial charge in [-0.1, -0.05) is 41.4 Å². The van der Waals surface area contributed by atoms with E-state index in [1.165, 1.54) is 10.3 Å². The summed E-state index contributed by atoms with van der Waals surface area (Å²) in [6, 6.07) is 19.8. The largest absolute Gasteiger partial charge is 0.256 e. The van der Waals surface area contributed by atoms with Crippen LogP contribution < -0.4 is 0 Å². The molecule has 0 aliphatic carbocycles. The molecule has 1 aromatic heterocycles. The van der Waals surface area contributed by atoms with E-state index in [4.69, 9.17) is 28.2 Å². The standard InChI is InChI=1S/C21H14Cl2N2S/c1-13-5-10-18-19(11-13)26-21(25-18)14-6-8-16(9-7-14)24-12-15-3-2-4-17(22)20(15)23/h2-12H,1H3. The molecule has 0 unspecified atom stereocenters. The molecule has 0 fully saturated rings. The Kier molecular flexibility index (Phi) is 4.77. The number of aliphatic imine (C=N–C) groups is 1. The summed E-state index contributed by atoms with van der Waals surface area (Å²) < 4.78 is 1.21. The van der Waals surface area contributed by atoms with Crippen molar-refractivity contribution >= 4 is 56.7 Å². The van der Waals surface area contributed by atoms with Gasteiger partial charge in [-0.25, -0.2) is 4.98 Å². The first kappa shape index (κ1) is 17.2. The maximum atomic E-state index is 6.18. The fourth-order valence-corrected chi connectivity index (χ4v) is 4.04. The van der Waals surface area contributed by atoms with Crippen molar-refractivity contribution in [1.29, 1.82) is 0 Å². The first-order valence-corrected chi connectivity index (χ1v) is 9.63. The summed E-state index contributed by atoms with van der Waals surface area (Å²) >= 11 is 13.9. The zero-order valence-corrected chi connectivity index (χ0v) is 16.2. The third-order valence-corrected chi connectivity index (χ3v) is 5.89. The number of hydrogen-bond acceptors (Lipinski definition) is 3. The van der Waals surface area contributed by atoms with Gasteiger partial charge in [0.2, 0.25) is 0 Å². The van der Waals surface area contributed by atoms with Crippen LogP contribution >= 0.6 is 34.5 Å². The third kappa shape index (κ3) is 3.51. The molecule has 0 aliphatic rings. The highest BCUT2D eigenvalue weighted by Gasteiger charge is 2.06. The predicted molar refractivity (Wildman–Crippen MR) is 114 cm³/mol. The molecule has 26 heavy (non-hydrogen) atoms. The van der Waals surface area contributed by atoms with Crippen LogP contribution in [-0.4, -0.2) is 11.2 Å². The molecule has 0 spiro atoms. The highest BCUT2D eigenvalue weighted by atomic mass is 35.5. The summed E-state index contributed by atoms with van der Waals surface area (Å²) in [5.41, 5.74) is 5.01. The normalized spacial score (nSPS) is 11.5. The lowest BCUT2D eigenvalue weighted by Gasteiger charge is -2.00. The highest BCUT2D eigenvalue weighted by Crippen LogP contribution is 2.31. The second-order valence-electron chi connectivity index (χ2n) is 5.94. The van der Waals surface area contributed by atoms with E-state index in [9.17, 15) is 0 Å². The molecule has 0 atom stereocenters. The Bertz CT molecular complexity index is 1110. The van der Waals surface area contributed by atoms with Crippen molar-refractivity contribution in [2.24, 2.45) is 4.99 Å². The third-order valence-electron chi connectivity index (χ3n) is 3.99. The summed E-state index contributed by atoms with van der Waals surface area (Å²) in [5, 5.41) is 2.05. The lowest BCUT2D eigenvalue weighted by atomic mass is 10.2. The fraction of sp³-hybridized carbons (Fsp3) is 0.0476. The number of fused-ring (bicyclic) bond motifs is 1. The van der Waals surface area contributed by atoms with Crippen LogP contribution in [0.3, 0.4) is 0 Å². The van der Waals surface area contributed by atoms with Crippen molar-refractivity contribution in [3.8, 4) is 10.6 Å². The molecule has 2 nitrogen and oxygen atoms in total. The molecule has 0 saturated carbocycles. The zero-order valence-electron chi connectivity index (χ0n) is 13.9. The van der Waals surface area contributed by atoms with Crippen molar-refractivity contribution < 1.29 is 0 Å². The molecule has 128 valence electrons. The van der Waals surface area contributed by atoms with Crippen LogP contribution in [0.5, 0.6) is 0 Å².